The van der Waals surface area contributed by atoms with Crippen molar-refractivity contribution in [2.24, 2.45) is 0 Å². The van der Waals surface area contributed by atoms with Gasteiger partial charge in [0.2, 0.25) is 0 Å². The van der Waals surface area contributed by atoms with Crippen molar-refractivity contribution in [3.63, 3.8) is 0 Å². The average molecular weight is 282 g/mol. The summed E-state index contributed by atoms with van der Waals surface area (Å²) in [4.78, 5) is 1.62. The number of likely N-dealkylation sites (tertiary alicyclic amines) is 1. The van der Waals surface area contributed by atoms with Crippen LogP contribution in [0.2, 0.25) is 0 Å². The summed E-state index contributed by atoms with van der Waals surface area (Å²) >= 11 is 0. The summed E-state index contributed by atoms with van der Waals surface area (Å²) in [6.45, 7) is 3.50. The van der Waals surface area contributed by atoms with Gasteiger partial charge < -0.3 is 10.0 Å². The standard InChI is InChI=1S/C19H23NO/c21-19(17-11-5-2-6-12-17)18(15-20-13-7-8-14-20)16-9-3-1-4-10-16/h1-6,9-12,18-19,21H,7-8,13-15H2/p+1/t18-,19-/m1/s1. The van der Waals surface area contributed by atoms with Gasteiger partial charge in [-0.05, 0) is 11.1 Å². The normalized spacial score (nSPS) is 18.5. The van der Waals surface area contributed by atoms with Crippen molar-refractivity contribution < 1.29 is 10.0 Å². The van der Waals surface area contributed by atoms with Crippen molar-refractivity contribution >= 4 is 0 Å². The van der Waals surface area contributed by atoms with E-state index in [0.717, 1.165) is 12.1 Å². The van der Waals surface area contributed by atoms with Gasteiger partial charge in [-0.1, -0.05) is 60.7 Å². The van der Waals surface area contributed by atoms with Crippen LogP contribution in [0.5, 0.6) is 0 Å². The highest BCUT2D eigenvalue weighted by Crippen LogP contribution is 2.29. The lowest BCUT2D eigenvalue weighted by Gasteiger charge is -2.26. The molecule has 1 aliphatic rings. The van der Waals surface area contributed by atoms with Crippen LogP contribution in [-0.2, 0) is 0 Å². The molecule has 2 N–H and O–H groups in total. The molecule has 1 heterocycles. The Bertz CT molecular complexity index is 534. The maximum Gasteiger partial charge on any atom is 0.0912 e. The van der Waals surface area contributed by atoms with Crippen molar-refractivity contribution in [1.29, 1.82) is 0 Å². The first-order valence-corrected chi connectivity index (χ1v) is 7.96. The molecule has 2 aromatic carbocycles. The van der Waals surface area contributed by atoms with Crippen molar-refractivity contribution in [2.75, 3.05) is 19.6 Å². The lowest BCUT2D eigenvalue weighted by molar-refractivity contribution is -0.889. The van der Waals surface area contributed by atoms with Gasteiger partial charge in [0.1, 0.15) is 0 Å². The van der Waals surface area contributed by atoms with E-state index in [0.29, 0.717) is 0 Å². The van der Waals surface area contributed by atoms with Gasteiger partial charge in [-0.2, -0.15) is 0 Å². The summed E-state index contributed by atoms with van der Waals surface area (Å²) < 4.78 is 0. The largest absolute Gasteiger partial charge is 0.388 e. The Morgan fingerprint density at radius 3 is 1.90 bits per heavy atom. The zero-order chi connectivity index (χ0) is 14.5. The maximum absolute atomic E-state index is 10.9. The summed E-state index contributed by atoms with van der Waals surface area (Å²) in [5.41, 5.74) is 2.26. The molecule has 1 fully saturated rings. The lowest BCUT2D eigenvalue weighted by Crippen LogP contribution is -3.10. The molecule has 2 heteroatoms. The van der Waals surface area contributed by atoms with Gasteiger partial charge in [-0.15, -0.1) is 0 Å². The second kappa shape index (κ2) is 6.88. The van der Waals surface area contributed by atoms with E-state index in [4.69, 9.17) is 0 Å². The molecule has 2 atom stereocenters. The number of benzene rings is 2. The predicted octanol–water partition coefficient (Wildman–Crippen LogP) is 2.18. The summed E-state index contributed by atoms with van der Waals surface area (Å²) in [5, 5.41) is 10.9. The van der Waals surface area contributed by atoms with Crippen LogP contribution < -0.4 is 4.90 Å². The molecular formula is C19H24NO+. The molecule has 110 valence electrons. The summed E-state index contributed by atoms with van der Waals surface area (Å²) in [7, 11) is 0. The second-order valence-corrected chi connectivity index (χ2v) is 6.03. The van der Waals surface area contributed by atoms with E-state index >= 15 is 0 Å². The number of rotatable bonds is 5. The smallest absolute Gasteiger partial charge is 0.0912 e. The van der Waals surface area contributed by atoms with E-state index in [1.165, 1.54) is 31.5 Å². The molecule has 0 aromatic heterocycles. The fourth-order valence-electron chi connectivity index (χ4n) is 3.38. The molecule has 3 rings (SSSR count). The van der Waals surface area contributed by atoms with Gasteiger partial charge in [0.25, 0.3) is 0 Å². The number of hydrogen-bond acceptors (Lipinski definition) is 1. The number of aliphatic hydroxyl groups excluding tert-OH is 1. The van der Waals surface area contributed by atoms with Gasteiger partial charge in [-0.25, -0.2) is 0 Å². The summed E-state index contributed by atoms with van der Waals surface area (Å²) in [5.74, 6) is 0.168. The molecule has 2 nitrogen and oxygen atoms in total. The fourth-order valence-corrected chi connectivity index (χ4v) is 3.38. The Morgan fingerprint density at radius 1 is 0.810 bits per heavy atom. The van der Waals surface area contributed by atoms with Crippen LogP contribution in [0, 0.1) is 0 Å². The minimum atomic E-state index is -0.429. The summed E-state index contributed by atoms with van der Waals surface area (Å²) in [6, 6.07) is 20.5. The van der Waals surface area contributed by atoms with Crippen LogP contribution >= 0.6 is 0 Å². The van der Waals surface area contributed by atoms with Crippen LogP contribution in [0.1, 0.15) is 36.0 Å². The predicted molar refractivity (Wildman–Crippen MR) is 85.4 cm³/mol. The monoisotopic (exact) mass is 282 g/mol. The zero-order valence-electron chi connectivity index (χ0n) is 12.4. The number of hydrogen-bond donors (Lipinski definition) is 2. The highest BCUT2D eigenvalue weighted by atomic mass is 16.3. The van der Waals surface area contributed by atoms with Gasteiger partial charge in [0.15, 0.2) is 0 Å². The molecule has 0 amide bonds. The van der Waals surface area contributed by atoms with E-state index < -0.39 is 6.10 Å². The van der Waals surface area contributed by atoms with Crippen molar-refractivity contribution in [1.82, 2.24) is 0 Å². The molecule has 0 saturated carbocycles. The van der Waals surface area contributed by atoms with Gasteiger partial charge in [0, 0.05) is 12.8 Å². The first-order valence-electron chi connectivity index (χ1n) is 7.96. The third-order valence-electron chi connectivity index (χ3n) is 4.57. The SMILES string of the molecule is O[C@H](c1ccccc1)[C@H](C[NH+]1CCCC1)c1ccccc1. The van der Waals surface area contributed by atoms with Gasteiger partial charge in [-0.3, -0.25) is 0 Å². The highest BCUT2D eigenvalue weighted by molar-refractivity contribution is 5.26. The molecule has 0 unspecified atom stereocenters. The molecule has 0 spiro atoms. The number of aliphatic hydroxyl groups is 1. The first-order chi connectivity index (χ1) is 10.3. The molecule has 2 aromatic rings. The van der Waals surface area contributed by atoms with Crippen LogP contribution in [-0.4, -0.2) is 24.7 Å². The first kappa shape index (κ1) is 14.3. The van der Waals surface area contributed by atoms with Crippen molar-refractivity contribution in [3.05, 3.63) is 71.8 Å². The Hall–Kier alpha value is -1.64. The van der Waals surface area contributed by atoms with E-state index in [1.807, 2.05) is 36.4 Å². The average Bonchev–Trinajstić information content (AvgIpc) is 3.07. The molecule has 0 bridgehead atoms. The lowest BCUT2D eigenvalue weighted by atomic mass is 9.88. The van der Waals surface area contributed by atoms with Gasteiger partial charge >= 0.3 is 0 Å². The molecule has 21 heavy (non-hydrogen) atoms. The van der Waals surface area contributed by atoms with E-state index in [1.54, 1.807) is 4.90 Å². The Balaban J connectivity index is 1.84. The quantitative estimate of drug-likeness (QED) is 0.863. The maximum atomic E-state index is 10.9. The van der Waals surface area contributed by atoms with E-state index in [9.17, 15) is 5.11 Å². The number of nitrogens with one attached hydrogen (secondary N) is 1. The summed E-state index contributed by atoms with van der Waals surface area (Å²) in [6.07, 6.45) is 2.21. The molecule has 1 saturated heterocycles. The third-order valence-corrected chi connectivity index (χ3v) is 4.57. The second-order valence-electron chi connectivity index (χ2n) is 6.03. The zero-order valence-corrected chi connectivity index (χ0v) is 12.4. The Morgan fingerprint density at radius 2 is 1.33 bits per heavy atom. The molecular weight excluding hydrogens is 258 g/mol. The minimum Gasteiger partial charge on any atom is -0.388 e. The van der Waals surface area contributed by atoms with Crippen LogP contribution in [0.15, 0.2) is 60.7 Å². The Kier molecular flexibility index (Phi) is 4.69. The highest BCUT2D eigenvalue weighted by Gasteiger charge is 2.28. The Labute approximate surface area is 127 Å². The van der Waals surface area contributed by atoms with E-state index in [2.05, 4.69) is 24.3 Å². The molecule has 0 radical (unpaired) electrons. The third kappa shape index (κ3) is 3.52. The topological polar surface area (TPSA) is 24.7 Å². The minimum absolute atomic E-state index is 0.168. The van der Waals surface area contributed by atoms with Crippen molar-refractivity contribution in [2.45, 2.75) is 24.9 Å². The van der Waals surface area contributed by atoms with Crippen LogP contribution in [0.25, 0.3) is 0 Å². The molecule has 1 aliphatic heterocycles. The van der Waals surface area contributed by atoms with Crippen molar-refractivity contribution in [3.8, 4) is 0 Å². The van der Waals surface area contributed by atoms with Crippen LogP contribution in [0.4, 0.5) is 0 Å². The van der Waals surface area contributed by atoms with Gasteiger partial charge in [0.05, 0.1) is 31.7 Å². The fraction of sp³-hybridized carbons (Fsp3) is 0.368. The number of quaternary nitrogens is 1. The van der Waals surface area contributed by atoms with E-state index in [-0.39, 0.29) is 5.92 Å². The molecule has 0 aliphatic carbocycles. The van der Waals surface area contributed by atoms with Crippen LogP contribution in [0.3, 0.4) is 0 Å².